The molecule has 2 fully saturated rings. The van der Waals surface area contributed by atoms with Gasteiger partial charge in [-0.1, -0.05) is 18.2 Å². The lowest BCUT2D eigenvalue weighted by Crippen LogP contribution is -2.44. The van der Waals surface area contributed by atoms with Crippen molar-refractivity contribution in [3.63, 3.8) is 0 Å². The zero-order valence-electron chi connectivity index (χ0n) is 12.3. The molecule has 110 valence electrons. The monoisotopic (exact) mass is 284 g/mol. The van der Waals surface area contributed by atoms with Crippen LogP contribution in [0.4, 0.5) is 0 Å². The maximum atomic E-state index is 12.8. The van der Waals surface area contributed by atoms with E-state index in [9.17, 15) is 4.79 Å². The number of amides is 1. The van der Waals surface area contributed by atoms with Gasteiger partial charge in [-0.05, 0) is 30.9 Å². The molecule has 1 aliphatic heterocycles. The Morgan fingerprint density at radius 1 is 1.24 bits per heavy atom. The van der Waals surface area contributed by atoms with Gasteiger partial charge in [-0.2, -0.15) is 0 Å². The van der Waals surface area contributed by atoms with Gasteiger partial charge in [-0.25, -0.2) is 0 Å². The topological polar surface area (TPSA) is 34.5 Å². The van der Waals surface area contributed by atoms with Gasteiger partial charge in [-0.15, -0.1) is 0 Å². The number of hydrogen-bond donors (Lipinski definition) is 0. The summed E-state index contributed by atoms with van der Waals surface area (Å²) in [6.07, 6.45) is 3.05. The van der Waals surface area contributed by atoms with Crippen molar-refractivity contribution in [2.75, 3.05) is 26.3 Å². The normalized spacial score (nSPS) is 28.8. The van der Waals surface area contributed by atoms with Crippen LogP contribution in [0.1, 0.15) is 19.4 Å². The summed E-state index contributed by atoms with van der Waals surface area (Å²) in [5, 5.41) is 1.24. The molecule has 1 aromatic heterocycles. The maximum Gasteiger partial charge on any atom is 0.230 e. The van der Waals surface area contributed by atoms with E-state index < -0.39 is 0 Å². The van der Waals surface area contributed by atoms with Crippen molar-refractivity contribution in [3.8, 4) is 0 Å². The van der Waals surface area contributed by atoms with Crippen LogP contribution in [0, 0.1) is 5.41 Å². The van der Waals surface area contributed by atoms with Crippen molar-refractivity contribution in [1.82, 2.24) is 9.47 Å². The molecule has 2 atom stereocenters. The minimum Gasteiger partial charge on any atom is -0.378 e. The van der Waals surface area contributed by atoms with Crippen LogP contribution in [-0.4, -0.2) is 41.7 Å². The summed E-state index contributed by atoms with van der Waals surface area (Å²) in [4.78, 5) is 14.7. The van der Waals surface area contributed by atoms with E-state index in [-0.39, 0.29) is 17.4 Å². The number of carbonyl (C=O) groups is 1. The molecule has 4 heteroatoms. The number of carbonyl (C=O) groups excluding carboxylic acids is 1. The van der Waals surface area contributed by atoms with Crippen molar-refractivity contribution in [1.29, 1.82) is 0 Å². The number of nitrogens with zero attached hydrogens (tertiary/aromatic N) is 2. The number of hydrogen-bond acceptors (Lipinski definition) is 2. The molecule has 1 aliphatic carbocycles. The highest BCUT2D eigenvalue weighted by Gasteiger charge is 2.58. The molecule has 2 heterocycles. The van der Waals surface area contributed by atoms with E-state index in [0.29, 0.717) is 13.2 Å². The number of ether oxygens (including phenoxy) is 1. The van der Waals surface area contributed by atoms with Crippen molar-refractivity contribution < 1.29 is 9.53 Å². The molecule has 0 spiro atoms. The smallest absolute Gasteiger partial charge is 0.230 e. The lowest BCUT2D eigenvalue weighted by atomic mass is 10.1. The summed E-state index contributed by atoms with van der Waals surface area (Å²) in [6, 6.07) is 10.8. The molecule has 2 aliphatic rings. The summed E-state index contributed by atoms with van der Waals surface area (Å²) in [7, 11) is 0. The van der Waals surface area contributed by atoms with Gasteiger partial charge >= 0.3 is 0 Å². The SMILES string of the molecule is C[C@]1(C(=O)N2CCOCC2)C[C@H]1n1ccc2ccccc21. The Bertz CT molecular complexity index is 687. The van der Waals surface area contributed by atoms with E-state index >= 15 is 0 Å². The first-order valence-corrected chi connectivity index (χ1v) is 7.63. The molecule has 0 unspecified atom stereocenters. The lowest BCUT2D eigenvalue weighted by molar-refractivity contribution is -0.140. The van der Waals surface area contributed by atoms with Crippen molar-refractivity contribution in [2.24, 2.45) is 5.41 Å². The number of fused-ring (bicyclic) bond motifs is 1. The van der Waals surface area contributed by atoms with Crippen LogP contribution in [0.3, 0.4) is 0 Å². The fraction of sp³-hybridized carbons (Fsp3) is 0.471. The summed E-state index contributed by atoms with van der Waals surface area (Å²) in [5.41, 5.74) is 0.972. The first kappa shape index (κ1) is 12.9. The van der Waals surface area contributed by atoms with Crippen LogP contribution in [0.2, 0.25) is 0 Å². The van der Waals surface area contributed by atoms with E-state index in [4.69, 9.17) is 4.74 Å². The molecule has 1 aromatic carbocycles. The molecule has 0 N–H and O–H groups in total. The Morgan fingerprint density at radius 2 is 2.00 bits per heavy atom. The van der Waals surface area contributed by atoms with Crippen LogP contribution in [0.15, 0.2) is 36.5 Å². The zero-order valence-corrected chi connectivity index (χ0v) is 12.3. The molecular formula is C17H20N2O2. The minimum absolute atomic E-state index is 0.251. The van der Waals surface area contributed by atoms with Crippen LogP contribution in [0.5, 0.6) is 0 Å². The van der Waals surface area contributed by atoms with Gasteiger partial charge in [0.2, 0.25) is 5.91 Å². The van der Waals surface area contributed by atoms with Crippen LogP contribution in [0.25, 0.3) is 10.9 Å². The summed E-state index contributed by atoms with van der Waals surface area (Å²) >= 11 is 0. The van der Waals surface area contributed by atoms with Crippen molar-refractivity contribution in [2.45, 2.75) is 19.4 Å². The average Bonchev–Trinajstić information content (AvgIpc) is 3.05. The molecule has 1 saturated heterocycles. The van der Waals surface area contributed by atoms with E-state index in [0.717, 1.165) is 19.5 Å². The first-order valence-electron chi connectivity index (χ1n) is 7.63. The second-order valence-corrected chi connectivity index (χ2v) is 6.32. The number of aromatic nitrogens is 1. The van der Waals surface area contributed by atoms with Gasteiger partial charge < -0.3 is 14.2 Å². The second kappa shape index (κ2) is 4.60. The summed E-state index contributed by atoms with van der Waals surface area (Å²) in [6.45, 7) is 4.89. The largest absolute Gasteiger partial charge is 0.378 e. The Balaban J connectivity index is 1.60. The van der Waals surface area contributed by atoms with E-state index in [1.165, 1.54) is 10.9 Å². The molecule has 0 bridgehead atoms. The van der Waals surface area contributed by atoms with Gasteiger partial charge in [0.05, 0.1) is 18.6 Å². The Kier molecular flexibility index (Phi) is 2.82. The third kappa shape index (κ3) is 1.97. The van der Waals surface area contributed by atoms with Crippen LogP contribution >= 0.6 is 0 Å². The van der Waals surface area contributed by atoms with Crippen LogP contribution < -0.4 is 0 Å². The molecule has 2 aromatic rings. The van der Waals surface area contributed by atoms with Gasteiger partial charge in [-0.3, -0.25) is 4.79 Å². The molecule has 4 nitrogen and oxygen atoms in total. The summed E-state index contributed by atoms with van der Waals surface area (Å²) in [5.74, 6) is 0.286. The van der Waals surface area contributed by atoms with Crippen molar-refractivity contribution >= 4 is 16.8 Å². The number of morpholine rings is 1. The summed E-state index contributed by atoms with van der Waals surface area (Å²) < 4.78 is 7.61. The minimum atomic E-state index is -0.251. The van der Waals surface area contributed by atoms with Crippen molar-refractivity contribution in [3.05, 3.63) is 36.5 Å². The number of para-hydroxylation sites is 1. The highest BCUT2D eigenvalue weighted by Crippen LogP contribution is 2.58. The van der Waals surface area contributed by atoms with Gasteiger partial charge in [0.15, 0.2) is 0 Å². The van der Waals surface area contributed by atoms with E-state index in [1.54, 1.807) is 0 Å². The molecule has 0 radical (unpaired) electrons. The highest BCUT2D eigenvalue weighted by atomic mass is 16.5. The Labute approximate surface area is 124 Å². The average molecular weight is 284 g/mol. The quantitative estimate of drug-likeness (QED) is 0.849. The van der Waals surface area contributed by atoms with Gasteiger partial charge in [0.1, 0.15) is 0 Å². The number of benzene rings is 1. The third-order valence-electron chi connectivity index (χ3n) is 4.94. The fourth-order valence-corrected chi connectivity index (χ4v) is 3.48. The zero-order chi connectivity index (χ0) is 14.4. The van der Waals surface area contributed by atoms with Gasteiger partial charge in [0, 0.05) is 30.8 Å². The molecule has 21 heavy (non-hydrogen) atoms. The second-order valence-electron chi connectivity index (χ2n) is 6.32. The molecular weight excluding hydrogens is 264 g/mol. The van der Waals surface area contributed by atoms with E-state index in [2.05, 4.69) is 48.0 Å². The fourth-order valence-electron chi connectivity index (χ4n) is 3.48. The lowest BCUT2D eigenvalue weighted by Gasteiger charge is -2.29. The van der Waals surface area contributed by atoms with E-state index in [1.807, 2.05) is 4.90 Å². The maximum absolute atomic E-state index is 12.8. The molecule has 1 saturated carbocycles. The first-order chi connectivity index (χ1) is 10.2. The Morgan fingerprint density at radius 3 is 2.81 bits per heavy atom. The molecule has 4 rings (SSSR count). The Hall–Kier alpha value is -1.81. The third-order valence-corrected chi connectivity index (χ3v) is 4.94. The predicted octanol–water partition coefficient (Wildman–Crippen LogP) is 2.45. The highest BCUT2D eigenvalue weighted by molar-refractivity contribution is 5.87. The van der Waals surface area contributed by atoms with Crippen LogP contribution in [-0.2, 0) is 9.53 Å². The van der Waals surface area contributed by atoms with Gasteiger partial charge in [0.25, 0.3) is 0 Å². The number of rotatable bonds is 2. The molecule has 1 amide bonds. The standard InChI is InChI=1S/C17H20N2O2/c1-17(16(20)18-8-10-21-11-9-18)12-15(17)19-7-6-13-4-2-3-5-14(13)19/h2-7,15H,8-12H2,1H3/t15-,17+/m1/s1. The predicted molar refractivity (Wildman–Crippen MR) is 81.1 cm³/mol.